The van der Waals surface area contributed by atoms with Crippen LogP contribution in [0.3, 0.4) is 0 Å². The van der Waals surface area contributed by atoms with Crippen LogP contribution >= 0.6 is 0 Å². The number of unbranched alkanes of at least 4 members (excludes halogenated alkanes) is 10. The van der Waals surface area contributed by atoms with Crippen LogP contribution in [0, 0.1) is 5.92 Å². The van der Waals surface area contributed by atoms with Crippen molar-refractivity contribution in [1.29, 1.82) is 0 Å². The Labute approximate surface area is 273 Å². The summed E-state index contributed by atoms with van der Waals surface area (Å²) in [5.41, 5.74) is 0. The molecule has 3 aliphatic heterocycles. The summed E-state index contributed by atoms with van der Waals surface area (Å²) in [5.74, 6) is -0.364. The normalized spacial score (nSPS) is 28.8. The number of ketones is 1. The molecule has 0 saturated carbocycles. The Kier molecular flexibility index (Phi) is 18.5. The average molecular weight is 639 g/mol. The van der Waals surface area contributed by atoms with Gasteiger partial charge in [-0.25, -0.2) is 0 Å². The van der Waals surface area contributed by atoms with Crippen LogP contribution in [0.25, 0.3) is 0 Å². The van der Waals surface area contributed by atoms with Crippen molar-refractivity contribution >= 4 is 11.8 Å². The van der Waals surface area contributed by atoms with Crippen LogP contribution in [0.15, 0.2) is 0 Å². The molecule has 3 fully saturated rings. The highest BCUT2D eigenvalue weighted by Gasteiger charge is 2.40. The van der Waals surface area contributed by atoms with E-state index in [1.54, 1.807) is 0 Å². The topological polar surface area (TPSA) is 123 Å². The smallest absolute Gasteiger partial charge is 0.309 e. The van der Waals surface area contributed by atoms with Gasteiger partial charge in [-0.2, -0.15) is 0 Å². The van der Waals surface area contributed by atoms with Gasteiger partial charge >= 0.3 is 5.97 Å². The number of rotatable bonds is 25. The SMILES string of the molecule is CCCC[C@H](O)CCCCC[C@H](O)[C@@H]1CC[C@@H]([C@@H]2CC[C@@H]([C@H](O)CCCCCCCCCC[C@H]3CC(CC(C)=O)C(=O)O3)O2)O1. The Balaban J connectivity index is 1.14. The van der Waals surface area contributed by atoms with E-state index in [2.05, 4.69) is 6.92 Å². The highest BCUT2D eigenvalue weighted by atomic mass is 16.6. The van der Waals surface area contributed by atoms with E-state index in [1.165, 1.54) is 32.6 Å². The molecule has 3 aliphatic rings. The lowest BCUT2D eigenvalue weighted by Gasteiger charge is -2.24. The maximum Gasteiger partial charge on any atom is 0.309 e. The Morgan fingerprint density at radius 2 is 1.20 bits per heavy atom. The summed E-state index contributed by atoms with van der Waals surface area (Å²) in [5, 5.41) is 31.4. The third-order valence-electron chi connectivity index (χ3n) is 10.3. The van der Waals surface area contributed by atoms with Crippen LogP contribution < -0.4 is 0 Å². The summed E-state index contributed by atoms with van der Waals surface area (Å²) in [4.78, 5) is 23.1. The molecule has 0 aromatic heterocycles. The maximum absolute atomic E-state index is 11.9. The molecule has 3 saturated heterocycles. The Morgan fingerprint density at radius 3 is 1.76 bits per heavy atom. The highest BCUT2D eigenvalue weighted by molar-refractivity contribution is 5.83. The number of carbonyl (C=O) groups excluding carboxylic acids is 2. The molecule has 3 rings (SSSR count). The van der Waals surface area contributed by atoms with Gasteiger partial charge < -0.3 is 34.3 Å². The molecule has 8 heteroatoms. The standard InChI is InChI=1S/C37H66O8/c1-3-4-16-29(39)17-12-11-15-20-32(41)34-22-24-36(45-34)35-23-21-33(44-35)31(40)19-14-10-8-6-5-7-9-13-18-30-26-28(25-27(2)38)37(42)43-30/h28-36,39-41H,3-26H2,1-2H3/t28?,29-,30-,31+,32-,33-,34-,35-,36-/m0/s1. The monoisotopic (exact) mass is 638 g/mol. The van der Waals surface area contributed by atoms with Gasteiger partial charge in [-0.1, -0.05) is 84.0 Å². The van der Waals surface area contributed by atoms with Crippen LogP contribution in [-0.4, -0.2) is 75.9 Å². The van der Waals surface area contributed by atoms with Crippen LogP contribution in [0.1, 0.15) is 168 Å². The van der Waals surface area contributed by atoms with E-state index in [-0.39, 0.29) is 54.3 Å². The minimum absolute atomic E-state index is 0.00453. The number of esters is 1. The molecular weight excluding hydrogens is 572 g/mol. The molecule has 0 amide bonds. The lowest BCUT2D eigenvalue weighted by molar-refractivity contribution is -0.145. The zero-order chi connectivity index (χ0) is 32.4. The molecule has 0 aromatic carbocycles. The van der Waals surface area contributed by atoms with E-state index in [4.69, 9.17) is 14.2 Å². The molecule has 0 radical (unpaired) electrons. The third-order valence-corrected chi connectivity index (χ3v) is 10.3. The molecule has 3 heterocycles. The van der Waals surface area contributed by atoms with Crippen LogP contribution in [0.4, 0.5) is 0 Å². The lowest BCUT2D eigenvalue weighted by atomic mass is 9.96. The summed E-state index contributed by atoms with van der Waals surface area (Å²) < 4.78 is 18.0. The quantitative estimate of drug-likeness (QED) is 0.0714. The maximum atomic E-state index is 11.9. The molecule has 262 valence electrons. The summed E-state index contributed by atoms with van der Waals surface area (Å²) in [6, 6.07) is 0. The van der Waals surface area contributed by atoms with E-state index in [1.807, 2.05) is 0 Å². The van der Waals surface area contributed by atoms with Crippen molar-refractivity contribution < 1.29 is 39.1 Å². The summed E-state index contributed by atoms with van der Waals surface area (Å²) in [6.07, 6.45) is 22.0. The number of ether oxygens (including phenoxy) is 3. The number of aliphatic hydroxyl groups excluding tert-OH is 3. The number of aliphatic hydroxyl groups is 3. The zero-order valence-corrected chi connectivity index (χ0v) is 28.5. The van der Waals surface area contributed by atoms with Crippen molar-refractivity contribution in [2.24, 2.45) is 5.92 Å². The molecule has 1 unspecified atom stereocenters. The van der Waals surface area contributed by atoms with Crippen LogP contribution in [-0.2, 0) is 23.8 Å². The minimum Gasteiger partial charge on any atom is -0.462 e. The van der Waals surface area contributed by atoms with Crippen molar-refractivity contribution in [2.75, 3.05) is 0 Å². The van der Waals surface area contributed by atoms with Gasteiger partial charge in [-0.3, -0.25) is 4.79 Å². The fourth-order valence-corrected chi connectivity index (χ4v) is 7.56. The van der Waals surface area contributed by atoms with E-state index >= 15 is 0 Å². The Hall–Kier alpha value is -1.06. The predicted octanol–water partition coefficient (Wildman–Crippen LogP) is 7.12. The van der Waals surface area contributed by atoms with Gasteiger partial charge in [0.25, 0.3) is 0 Å². The third kappa shape index (κ3) is 14.7. The summed E-state index contributed by atoms with van der Waals surface area (Å²) in [6.45, 7) is 3.68. The van der Waals surface area contributed by atoms with Crippen molar-refractivity contribution in [3.05, 3.63) is 0 Å². The molecule has 3 N–H and O–H groups in total. The summed E-state index contributed by atoms with van der Waals surface area (Å²) >= 11 is 0. The van der Waals surface area contributed by atoms with Gasteiger partial charge in [0.2, 0.25) is 0 Å². The van der Waals surface area contributed by atoms with Gasteiger partial charge in [0, 0.05) is 6.42 Å². The van der Waals surface area contributed by atoms with Crippen molar-refractivity contribution in [3.63, 3.8) is 0 Å². The number of carbonyl (C=O) groups is 2. The first kappa shape index (κ1) is 38.4. The largest absolute Gasteiger partial charge is 0.462 e. The van der Waals surface area contributed by atoms with Crippen molar-refractivity contribution in [3.8, 4) is 0 Å². The molecule has 45 heavy (non-hydrogen) atoms. The summed E-state index contributed by atoms with van der Waals surface area (Å²) in [7, 11) is 0. The first-order chi connectivity index (χ1) is 21.8. The Morgan fingerprint density at radius 1 is 0.711 bits per heavy atom. The van der Waals surface area contributed by atoms with Gasteiger partial charge in [-0.15, -0.1) is 0 Å². The van der Waals surface area contributed by atoms with E-state index in [0.29, 0.717) is 12.8 Å². The second kappa shape index (κ2) is 21.7. The molecule has 0 spiro atoms. The first-order valence-electron chi connectivity index (χ1n) is 18.8. The lowest BCUT2D eigenvalue weighted by Crippen LogP contribution is -2.33. The minimum atomic E-state index is -0.436. The molecule has 8 nitrogen and oxygen atoms in total. The van der Waals surface area contributed by atoms with Crippen molar-refractivity contribution in [2.45, 2.75) is 217 Å². The number of hydrogen-bond donors (Lipinski definition) is 3. The molecule has 9 atom stereocenters. The van der Waals surface area contributed by atoms with Gasteiger partial charge in [0.15, 0.2) is 0 Å². The molecule has 0 aliphatic carbocycles. The van der Waals surface area contributed by atoms with E-state index in [0.717, 1.165) is 116 Å². The number of cyclic esters (lactones) is 1. The average Bonchev–Trinajstić information content (AvgIpc) is 3.77. The van der Waals surface area contributed by atoms with E-state index in [9.17, 15) is 24.9 Å². The highest BCUT2D eigenvalue weighted by Crippen LogP contribution is 2.35. The fraction of sp³-hybridized carbons (Fsp3) is 0.946. The van der Waals surface area contributed by atoms with E-state index < -0.39 is 12.2 Å². The second-order valence-electron chi connectivity index (χ2n) is 14.5. The molecular formula is C37H66O8. The van der Waals surface area contributed by atoms with Crippen LogP contribution in [0.5, 0.6) is 0 Å². The molecule has 0 aromatic rings. The first-order valence-corrected chi connectivity index (χ1v) is 18.8. The van der Waals surface area contributed by atoms with Crippen molar-refractivity contribution in [1.82, 2.24) is 0 Å². The second-order valence-corrected chi connectivity index (χ2v) is 14.5. The van der Waals surface area contributed by atoms with Gasteiger partial charge in [0.05, 0.1) is 48.6 Å². The predicted molar refractivity (Wildman–Crippen MR) is 176 cm³/mol. The van der Waals surface area contributed by atoms with Crippen LogP contribution in [0.2, 0.25) is 0 Å². The number of hydrogen-bond acceptors (Lipinski definition) is 8. The Bertz CT molecular complexity index is 820. The zero-order valence-electron chi connectivity index (χ0n) is 28.5. The van der Waals surface area contributed by atoms with Gasteiger partial charge in [-0.05, 0) is 77.6 Å². The molecule has 0 bridgehead atoms. The van der Waals surface area contributed by atoms with Gasteiger partial charge in [0.1, 0.15) is 11.9 Å². The fourth-order valence-electron chi connectivity index (χ4n) is 7.56. The number of Topliss-reactive ketones (excluding diaryl/α,β-unsaturated/α-hetero) is 1.